The second-order valence-corrected chi connectivity index (χ2v) is 0.610. The first kappa shape index (κ1) is 15.9. The Balaban J connectivity index is -0.000000105. The minimum Gasteiger partial charge on any atom is -0.473 e. The smallest absolute Gasteiger partial charge is 0.414 e. The molecular formula is C4H12N2O4. The maximum absolute atomic E-state index is 9.10. The molecule has 6 N–H and O–H groups in total. The van der Waals surface area contributed by atoms with Gasteiger partial charge in [-0.2, -0.15) is 0 Å². The molecule has 0 unspecified atom stereocenters. The molecule has 0 aromatic carbocycles. The maximum Gasteiger partial charge on any atom is 0.414 e. The molecule has 0 aliphatic rings. The molecular weight excluding hydrogens is 140 g/mol. The van der Waals surface area contributed by atoms with E-state index >= 15 is 0 Å². The second kappa shape index (κ2) is 15.7. The highest BCUT2D eigenvalue weighted by Crippen LogP contribution is 1.56. The predicted molar refractivity (Wildman–Crippen MR) is 35.5 cm³/mol. The Kier molecular flexibility index (Phi) is 25.0. The summed E-state index contributed by atoms with van der Waals surface area (Å²) in [5.74, 6) is -3.65. The summed E-state index contributed by atoms with van der Waals surface area (Å²) in [5.41, 5.74) is 9.00. The van der Waals surface area contributed by atoms with E-state index in [9.17, 15) is 0 Å². The molecule has 0 amide bonds. The lowest BCUT2D eigenvalue weighted by atomic mass is 10.7. The van der Waals surface area contributed by atoms with Gasteiger partial charge in [0.1, 0.15) is 0 Å². The van der Waals surface area contributed by atoms with E-state index in [4.69, 9.17) is 19.8 Å². The Bertz CT molecular complexity index is 81.3. The summed E-state index contributed by atoms with van der Waals surface area (Å²) in [7, 11) is 3.00. The van der Waals surface area contributed by atoms with Crippen LogP contribution in [-0.2, 0) is 9.59 Å². The van der Waals surface area contributed by atoms with E-state index in [0.717, 1.165) is 0 Å². The van der Waals surface area contributed by atoms with Crippen molar-refractivity contribution >= 4 is 11.9 Å². The fourth-order valence-electron chi connectivity index (χ4n) is 0. The van der Waals surface area contributed by atoms with E-state index in [1.807, 2.05) is 0 Å². The molecule has 62 valence electrons. The van der Waals surface area contributed by atoms with Crippen molar-refractivity contribution in [2.45, 2.75) is 0 Å². The number of rotatable bonds is 0. The highest BCUT2D eigenvalue weighted by molar-refractivity contribution is 6.27. The molecule has 0 rings (SSSR count). The van der Waals surface area contributed by atoms with Crippen LogP contribution in [0.25, 0.3) is 0 Å². The zero-order chi connectivity index (χ0) is 9.15. The Morgan fingerprint density at radius 3 is 1.00 bits per heavy atom. The third-order valence-electron chi connectivity index (χ3n) is 0.183. The third kappa shape index (κ3) is 28.8. The quantitative estimate of drug-likeness (QED) is 0.306. The summed E-state index contributed by atoms with van der Waals surface area (Å²) < 4.78 is 0. The molecule has 6 heteroatoms. The van der Waals surface area contributed by atoms with Crippen LogP contribution in [0.1, 0.15) is 0 Å². The molecule has 0 atom stereocenters. The van der Waals surface area contributed by atoms with E-state index < -0.39 is 11.9 Å². The molecule has 6 nitrogen and oxygen atoms in total. The van der Waals surface area contributed by atoms with E-state index in [0.29, 0.717) is 0 Å². The van der Waals surface area contributed by atoms with E-state index in [1.165, 1.54) is 14.1 Å². The minimum atomic E-state index is -1.82. The van der Waals surface area contributed by atoms with Gasteiger partial charge < -0.3 is 21.7 Å². The normalized spacial score (nSPS) is 5.60. The molecule has 0 aromatic rings. The Hall–Kier alpha value is -1.14. The topological polar surface area (TPSA) is 127 Å². The zero-order valence-corrected chi connectivity index (χ0v) is 5.87. The van der Waals surface area contributed by atoms with Gasteiger partial charge in [-0.3, -0.25) is 0 Å². The number of nitrogens with two attached hydrogens (primary N) is 2. The van der Waals surface area contributed by atoms with Crippen molar-refractivity contribution in [2.24, 2.45) is 11.5 Å². The van der Waals surface area contributed by atoms with Gasteiger partial charge in [-0.1, -0.05) is 0 Å². The summed E-state index contributed by atoms with van der Waals surface area (Å²) in [6.45, 7) is 0. The Morgan fingerprint density at radius 2 is 1.00 bits per heavy atom. The number of carbonyl (C=O) groups is 2. The van der Waals surface area contributed by atoms with Crippen LogP contribution in [0.5, 0.6) is 0 Å². The number of carboxylic acids is 2. The second-order valence-electron chi connectivity index (χ2n) is 0.610. The summed E-state index contributed by atoms with van der Waals surface area (Å²) >= 11 is 0. The van der Waals surface area contributed by atoms with Crippen molar-refractivity contribution in [3.05, 3.63) is 0 Å². The van der Waals surface area contributed by atoms with Gasteiger partial charge in [0.05, 0.1) is 0 Å². The SMILES string of the molecule is CN.CN.O=C(O)C(=O)O. The molecule has 0 saturated carbocycles. The van der Waals surface area contributed by atoms with Crippen LogP contribution >= 0.6 is 0 Å². The van der Waals surface area contributed by atoms with Gasteiger partial charge >= 0.3 is 11.9 Å². The highest BCUT2D eigenvalue weighted by Gasteiger charge is 2.04. The van der Waals surface area contributed by atoms with Gasteiger partial charge in [0.25, 0.3) is 0 Å². The van der Waals surface area contributed by atoms with Crippen LogP contribution < -0.4 is 11.5 Å². The lowest BCUT2D eigenvalue weighted by Crippen LogP contribution is -2.09. The molecule has 0 bridgehead atoms. The van der Waals surface area contributed by atoms with Crippen molar-refractivity contribution in [1.82, 2.24) is 0 Å². The molecule has 0 aliphatic carbocycles. The van der Waals surface area contributed by atoms with Crippen LogP contribution in [-0.4, -0.2) is 36.2 Å². The average Bonchev–Trinajstić information content (AvgIpc) is 1.96. The maximum atomic E-state index is 9.10. The summed E-state index contributed by atoms with van der Waals surface area (Å²) in [5, 5.41) is 14.8. The molecule has 10 heavy (non-hydrogen) atoms. The van der Waals surface area contributed by atoms with Crippen molar-refractivity contribution < 1.29 is 19.8 Å². The zero-order valence-electron chi connectivity index (χ0n) is 5.87. The van der Waals surface area contributed by atoms with Gasteiger partial charge in [-0.25, -0.2) is 9.59 Å². The average molecular weight is 152 g/mol. The first-order valence-electron chi connectivity index (χ1n) is 2.26. The van der Waals surface area contributed by atoms with E-state index in [-0.39, 0.29) is 0 Å². The van der Waals surface area contributed by atoms with Crippen LogP contribution in [0.3, 0.4) is 0 Å². The molecule has 0 heterocycles. The van der Waals surface area contributed by atoms with Crippen molar-refractivity contribution in [3.63, 3.8) is 0 Å². The van der Waals surface area contributed by atoms with Crippen molar-refractivity contribution in [3.8, 4) is 0 Å². The van der Waals surface area contributed by atoms with Crippen LogP contribution in [0, 0.1) is 0 Å². The van der Waals surface area contributed by atoms with Gasteiger partial charge in [0, 0.05) is 0 Å². The monoisotopic (exact) mass is 152 g/mol. The van der Waals surface area contributed by atoms with Gasteiger partial charge in [-0.15, -0.1) is 0 Å². The van der Waals surface area contributed by atoms with Gasteiger partial charge in [-0.05, 0) is 14.1 Å². The Labute approximate surface area is 58.4 Å². The molecule has 0 radical (unpaired) electrons. The standard InChI is InChI=1S/C2H2O4.2CH5N/c3-1(4)2(5)6;2*1-2/h(H,3,4)(H,5,6);2*2H2,1H3. The Morgan fingerprint density at radius 1 is 0.900 bits per heavy atom. The molecule has 0 fully saturated rings. The fraction of sp³-hybridized carbons (Fsp3) is 0.500. The number of aliphatic carboxylic acids is 2. The van der Waals surface area contributed by atoms with E-state index in [1.54, 1.807) is 0 Å². The number of hydrogen-bond donors (Lipinski definition) is 4. The van der Waals surface area contributed by atoms with E-state index in [2.05, 4.69) is 11.5 Å². The first-order chi connectivity index (χ1) is 4.64. The molecule has 0 aromatic heterocycles. The molecule has 0 aliphatic heterocycles. The number of hydrogen-bond acceptors (Lipinski definition) is 4. The number of carboxylic acid groups (broad SMARTS) is 2. The molecule has 0 spiro atoms. The lowest BCUT2D eigenvalue weighted by molar-refractivity contribution is -0.159. The predicted octanol–water partition coefficient (Wildman–Crippen LogP) is -1.69. The van der Waals surface area contributed by atoms with Crippen molar-refractivity contribution in [2.75, 3.05) is 14.1 Å². The highest BCUT2D eigenvalue weighted by atomic mass is 16.4. The molecule has 0 saturated heterocycles. The fourth-order valence-corrected chi connectivity index (χ4v) is 0. The third-order valence-corrected chi connectivity index (χ3v) is 0.183. The van der Waals surface area contributed by atoms with Gasteiger partial charge in [0.15, 0.2) is 0 Å². The lowest BCUT2D eigenvalue weighted by Gasteiger charge is -1.72. The summed E-state index contributed by atoms with van der Waals surface area (Å²) in [6.07, 6.45) is 0. The largest absolute Gasteiger partial charge is 0.473 e. The van der Waals surface area contributed by atoms with Crippen LogP contribution in [0.2, 0.25) is 0 Å². The van der Waals surface area contributed by atoms with Gasteiger partial charge in [0.2, 0.25) is 0 Å². The summed E-state index contributed by atoms with van der Waals surface area (Å²) in [6, 6.07) is 0. The van der Waals surface area contributed by atoms with Crippen LogP contribution in [0.4, 0.5) is 0 Å². The van der Waals surface area contributed by atoms with Crippen molar-refractivity contribution in [1.29, 1.82) is 0 Å². The summed E-state index contributed by atoms with van der Waals surface area (Å²) in [4.78, 5) is 18.2. The van der Waals surface area contributed by atoms with Crippen LogP contribution in [0.15, 0.2) is 0 Å². The minimum absolute atomic E-state index is 1.50. The first-order valence-corrected chi connectivity index (χ1v) is 2.26.